The van der Waals surface area contributed by atoms with Crippen LogP contribution in [0.15, 0.2) is 479 Å². The Morgan fingerprint density at radius 1 is 0.157 bits per heavy atom. The molecule has 0 radical (unpaired) electrons. The highest BCUT2D eigenvalue weighted by atomic mass is 32.1. The van der Waals surface area contributed by atoms with Gasteiger partial charge in [-0.25, -0.2) is 0 Å². The summed E-state index contributed by atoms with van der Waals surface area (Å²) in [6, 6.07) is 164. The first-order valence-corrected chi connectivity index (χ1v) is 50.4. The molecule has 0 saturated carbocycles. The van der Waals surface area contributed by atoms with E-state index in [-0.39, 0.29) is 0 Å². The lowest BCUT2D eigenvalue weighted by molar-refractivity contribution is 0.668. The van der Waals surface area contributed by atoms with Crippen LogP contribution in [0, 0.1) is 0 Å². The van der Waals surface area contributed by atoms with Crippen LogP contribution in [0.5, 0.6) is 0 Å². The second-order valence-electron chi connectivity index (χ2n) is 35.8. The highest BCUT2D eigenvalue weighted by Crippen LogP contribution is 2.53. The second kappa shape index (κ2) is 32.2. The lowest BCUT2D eigenvalue weighted by Gasteiger charge is -2.10. The number of para-hydroxylation sites is 13. The second-order valence-corrected chi connectivity index (χ2v) is 40.0. The van der Waals surface area contributed by atoms with Crippen LogP contribution in [0.3, 0.4) is 0 Å². The van der Waals surface area contributed by atoms with Crippen LogP contribution in [0.1, 0.15) is 0 Å². The van der Waals surface area contributed by atoms with Gasteiger partial charge in [-0.1, -0.05) is 297 Å². The Bertz CT molecular complexity index is 10600. The molecule has 0 aliphatic carbocycles. The molecule has 0 saturated heterocycles. The van der Waals surface area contributed by atoms with Gasteiger partial charge in [0.05, 0.1) is 62.9 Å². The first kappa shape index (κ1) is 80.0. The van der Waals surface area contributed by atoms with Crippen LogP contribution < -0.4 is 0 Å². The highest BCUT2D eigenvalue weighted by Gasteiger charge is 2.28. The molecule has 0 aliphatic heterocycles. The number of rotatable bonds is 8. The van der Waals surface area contributed by atoms with Gasteiger partial charge in [0, 0.05) is 133 Å². The van der Waals surface area contributed by atoms with Gasteiger partial charge in [-0.05, 0) is 203 Å². The average Bonchev–Trinajstić information content (AvgIpc) is 2.51. The fraction of sp³-hybridized carbons (Fsp3) is 0. The topological polar surface area (TPSA) is 72.3 Å². The number of nitrogens with zero attached hydrogens (tertiary/aromatic N) is 4. The smallest absolute Gasteiger partial charge is 0.143 e. The van der Waals surface area contributed by atoms with Crippen molar-refractivity contribution in [2.45, 2.75) is 0 Å². The van der Waals surface area contributed by atoms with Gasteiger partial charge in [0.25, 0.3) is 0 Å². The van der Waals surface area contributed by atoms with E-state index in [1.807, 2.05) is 87.8 Å². The van der Waals surface area contributed by atoms with Crippen LogP contribution in [-0.4, -0.2) is 18.3 Å². The van der Waals surface area contributed by atoms with E-state index >= 15 is 0 Å². The zero-order valence-electron chi connectivity index (χ0n) is 74.9. The molecule has 0 unspecified atom stereocenters. The standard InChI is InChI=1S/4C32H19NOS/c1-2-10-20(11-3-1)33-26-17-6-4-13-25(26)32-30(33)29-22(14-9-19-28(29)35-32)24-16-8-15-23-21-12-5-7-18-27(21)34-31(23)24;1-2-9-21(10-3-1)33-26-14-6-4-12-25(26)32-31(33)30-22(13-8-16-29(30)35-32)20-17-18-24-23-11-5-7-15-27(23)34-28(24)19-20;1-2-9-21(10-3-1)33-26-14-6-4-11-23(26)32-31(33)25-19-20(17-18-29(25)35-32)22-13-8-16-28-30(22)24-12-5-7-15-27(24)34-28;1-2-8-22(9-3-1)33-27-12-6-4-11-24(27)32-31(33)26-19-21(15-17-30(26)35-32)20-14-16-29-25(18-20)23-10-5-7-13-28(23)34-29/h4*1-19H. The largest absolute Gasteiger partial charge is 0.456 e. The van der Waals surface area contributed by atoms with Crippen molar-refractivity contribution in [2.75, 3.05) is 0 Å². The minimum Gasteiger partial charge on any atom is -0.456 e. The molecule has 0 bridgehead atoms. The van der Waals surface area contributed by atoms with Crippen molar-refractivity contribution in [1.82, 2.24) is 18.3 Å². The third-order valence-corrected chi connectivity index (χ3v) is 32.8. The minimum absolute atomic E-state index is 0.927. The van der Waals surface area contributed by atoms with E-state index in [0.29, 0.717) is 0 Å². The Labute approximate surface area is 815 Å². The SMILES string of the molecule is c1ccc(-n2c3ccccc3c3sc4ccc(-c5ccc6oc7ccccc7c6c5)cc4c32)cc1.c1ccc(-n2c3ccccc3c3sc4ccc(-c5cccc6oc7ccccc7c56)cc4c32)cc1.c1ccc(-n2c3ccccc3c3sc4cccc(-c5ccc6c(c5)oc5ccccc56)c4c32)cc1.c1ccc(-n2c3ccccc3c3sc4cccc(-c5cccc6c5oc5ccccc56)c4c32)cc1. The number of hydrogen-bond donors (Lipinski definition) is 0. The summed E-state index contributed by atoms with van der Waals surface area (Å²) in [5, 5.41) is 19.6. The van der Waals surface area contributed by atoms with Crippen molar-refractivity contribution in [3.05, 3.63) is 461 Å². The van der Waals surface area contributed by atoms with Gasteiger partial charge >= 0.3 is 0 Å². The molecule has 32 rings (SSSR count). The molecule has 12 heterocycles. The summed E-state index contributed by atoms with van der Waals surface area (Å²) in [4.78, 5) is 0. The molecule has 656 valence electrons. The third-order valence-electron chi connectivity index (χ3n) is 28.0. The van der Waals surface area contributed by atoms with E-state index in [1.165, 1.54) is 192 Å². The molecule has 0 amide bonds. The van der Waals surface area contributed by atoms with Crippen LogP contribution in [-0.2, 0) is 0 Å². The van der Waals surface area contributed by atoms with Gasteiger partial charge in [0.2, 0.25) is 0 Å². The number of benzene rings is 20. The molecular formula is C128H76N4O4S4. The lowest BCUT2D eigenvalue weighted by Crippen LogP contribution is -1.93. The maximum atomic E-state index is 6.45. The zero-order chi connectivity index (χ0) is 91.7. The number of hydrogen-bond acceptors (Lipinski definition) is 8. The van der Waals surface area contributed by atoms with Crippen molar-refractivity contribution >= 4 is 258 Å². The summed E-state index contributed by atoms with van der Waals surface area (Å²) >= 11 is 7.51. The van der Waals surface area contributed by atoms with Gasteiger partial charge in [-0.2, -0.15) is 0 Å². The third kappa shape index (κ3) is 12.6. The monoisotopic (exact) mass is 1860 g/mol. The van der Waals surface area contributed by atoms with Crippen LogP contribution in [0.25, 0.3) is 280 Å². The summed E-state index contributed by atoms with van der Waals surface area (Å²) in [5.41, 5.74) is 31.8. The van der Waals surface area contributed by atoms with E-state index in [9.17, 15) is 0 Å². The normalized spacial score (nSPS) is 12.0. The molecule has 20 aromatic carbocycles. The summed E-state index contributed by atoms with van der Waals surface area (Å²) in [6.45, 7) is 0. The molecule has 0 N–H and O–H groups in total. The van der Waals surface area contributed by atoms with Gasteiger partial charge in [0.15, 0.2) is 0 Å². The molecule has 32 aromatic rings. The summed E-state index contributed by atoms with van der Waals surface area (Å²) < 4.78 is 45.1. The summed E-state index contributed by atoms with van der Waals surface area (Å²) in [7, 11) is 0. The molecule has 8 nitrogen and oxygen atoms in total. The van der Waals surface area contributed by atoms with Gasteiger partial charge < -0.3 is 35.9 Å². The predicted molar refractivity (Wildman–Crippen MR) is 596 cm³/mol. The van der Waals surface area contributed by atoms with Crippen molar-refractivity contribution in [3.8, 4) is 67.3 Å². The van der Waals surface area contributed by atoms with Crippen molar-refractivity contribution < 1.29 is 17.7 Å². The van der Waals surface area contributed by atoms with E-state index < -0.39 is 0 Å². The maximum Gasteiger partial charge on any atom is 0.143 e. The Morgan fingerprint density at radius 2 is 0.464 bits per heavy atom. The van der Waals surface area contributed by atoms with Crippen LogP contribution >= 0.6 is 45.3 Å². The fourth-order valence-electron chi connectivity index (χ4n) is 21.9. The van der Waals surface area contributed by atoms with Crippen molar-refractivity contribution in [3.63, 3.8) is 0 Å². The molecule has 0 aliphatic rings. The predicted octanol–water partition coefficient (Wildman–Crippen LogP) is 38.3. The van der Waals surface area contributed by atoms with Gasteiger partial charge in [-0.15, -0.1) is 45.3 Å². The van der Waals surface area contributed by atoms with Crippen LogP contribution in [0.4, 0.5) is 0 Å². The Kier molecular flexibility index (Phi) is 18.4. The molecule has 12 heteroatoms. The molecule has 0 atom stereocenters. The van der Waals surface area contributed by atoms with E-state index in [1.54, 1.807) is 0 Å². The van der Waals surface area contributed by atoms with Crippen molar-refractivity contribution in [1.29, 1.82) is 0 Å². The molecule has 12 aromatic heterocycles. The number of aromatic nitrogens is 4. The molecule has 140 heavy (non-hydrogen) atoms. The first-order chi connectivity index (χ1) is 69.5. The van der Waals surface area contributed by atoms with Gasteiger partial charge in [-0.3, -0.25) is 0 Å². The van der Waals surface area contributed by atoms with E-state index in [2.05, 4.69) is 437 Å². The highest BCUT2D eigenvalue weighted by molar-refractivity contribution is 7.28. The van der Waals surface area contributed by atoms with Gasteiger partial charge in [0.1, 0.15) is 44.7 Å². The number of furan rings is 4. The first-order valence-electron chi connectivity index (χ1n) is 47.1. The maximum absolute atomic E-state index is 6.45. The van der Waals surface area contributed by atoms with E-state index in [4.69, 9.17) is 17.7 Å². The van der Waals surface area contributed by atoms with Crippen LogP contribution in [0.2, 0.25) is 0 Å². The van der Waals surface area contributed by atoms with E-state index in [0.717, 1.165) is 87.9 Å². The molecule has 0 spiro atoms. The Balaban J connectivity index is 0.0000000896. The number of thiophene rings is 4. The Morgan fingerprint density at radius 3 is 0.986 bits per heavy atom. The molecule has 0 fully saturated rings. The lowest BCUT2D eigenvalue weighted by atomic mass is 9.98. The summed E-state index contributed by atoms with van der Waals surface area (Å²) in [6.07, 6.45) is 0. The summed E-state index contributed by atoms with van der Waals surface area (Å²) in [5.74, 6) is 0. The minimum atomic E-state index is 0.927. The zero-order valence-corrected chi connectivity index (χ0v) is 78.2. The Hall–Kier alpha value is -17.4. The number of fused-ring (bicyclic) bond motifs is 32. The average molecular weight is 1860 g/mol. The quantitative estimate of drug-likeness (QED) is 0.152. The van der Waals surface area contributed by atoms with Crippen molar-refractivity contribution in [2.24, 2.45) is 0 Å². The fourth-order valence-corrected chi connectivity index (χ4v) is 26.8. The molecular weight excluding hydrogens is 1790 g/mol.